The molecule has 1 N–H and O–H groups in total. The van der Waals surface area contributed by atoms with Gasteiger partial charge in [-0.25, -0.2) is 4.79 Å². The first-order valence-corrected chi connectivity index (χ1v) is 7.13. The first-order chi connectivity index (χ1) is 9.89. The van der Waals surface area contributed by atoms with Crippen molar-refractivity contribution in [3.63, 3.8) is 0 Å². The van der Waals surface area contributed by atoms with E-state index in [9.17, 15) is 14.7 Å². The van der Waals surface area contributed by atoms with Crippen molar-refractivity contribution in [2.75, 3.05) is 6.54 Å². The Kier molecular flexibility index (Phi) is 4.03. The number of rotatable bonds is 5. The number of thiophene rings is 1. The van der Waals surface area contributed by atoms with Crippen molar-refractivity contribution >= 4 is 23.2 Å². The molecule has 0 saturated carbocycles. The van der Waals surface area contributed by atoms with E-state index in [2.05, 4.69) is 15.5 Å². The molecule has 2 aromatic rings. The summed E-state index contributed by atoms with van der Waals surface area (Å²) in [5.74, 6) is -1.41. The van der Waals surface area contributed by atoms with E-state index in [1.54, 1.807) is 18.4 Å². The summed E-state index contributed by atoms with van der Waals surface area (Å²) < 4.78 is 1.38. The maximum atomic E-state index is 12.7. The predicted molar refractivity (Wildman–Crippen MR) is 75.5 cm³/mol. The molecular formula is C12H15N5O3S. The highest BCUT2D eigenvalue weighted by atomic mass is 32.1. The van der Waals surface area contributed by atoms with Crippen LogP contribution in [0.3, 0.4) is 0 Å². The van der Waals surface area contributed by atoms with Gasteiger partial charge < -0.3 is 10.0 Å². The second kappa shape index (κ2) is 5.60. The van der Waals surface area contributed by atoms with Crippen molar-refractivity contribution in [2.24, 2.45) is 0 Å². The molecule has 9 heteroatoms. The van der Waals surface area contributed by atoms with Crippen molar-refractivity contribution in [1.82, 2.24) is 25.1 Å². The maximum absolute atomic E-state index is 12.7. The molecule has 0 atom stereocenters. The Morgan fingerprint density at radius 1 is 1.48 bits per heavy atom. The fourth-order valence-electron chi connectivity index (χ4n) is 1.95. The van der Waals surface area contributed by atoms with Crippen LogP contribution in [0.15, 0.2) is 17.8 Å². The molecule has 0 spiro atoms. The highest BCUT2D eigenvalue weighted by molar-refractivity contribution is 7.12. The van der Waals surface area contributed by atoms with Crippen LogP contribution in [-0.2, 0) is 4.79 Å². The Bertz CT molecular complexity index is 650. The zero-order valence-corrected chi connectivity index (χ0v) is 12.7. The van der Waals surface area contributed by atoms with Gasteiger partial charge in [0.15, 0.2) is 0 Å². The Morgan fingerprint density at radius 3 is 2.71 bits per heavy atom. The van der Waals surface area contributed by atoms with E-state index in [1.807, 2.05) is 0 Å². The smallest absolute Gasteiger partial charge is 0.329 e. The van der Waals surface area contributed by atoms with Crippen LogP contribution in [0.2, 0.25) is 0 Å². The van der Waals surface area contributed by atoms with Crippen LogP contribution in [0.5, 0.6) is 0 Å². The van der Waals surface area contributed by atoms with E-state index >= 15 is 0 Å². The van der Waals surface area contributed by atoms with Crippen LogP contribution in [0, 0.1) is 0 Å². The Balaban J connectivity index is 2.41. The third-order valence-corrected chi connectivity index (χ3v) is 4.09. The minimum absolute atomic E-state index is 0.283. The van der Waals surface area contributed by atoms with Gasteiger partial charge in [0, 0.05) is 6.54 Å². The monoisotopic (exact) mass is 309 g/mol. The maximum Gasteiger partial charge on any atom is 0.329 e. The van der Waals surface area contributed by atoms with Gasteiger partial charge in [0.1, 0.15) is 16.7 Å². The summed E-state index contributed by atoms with van der Waals surface area (Å²) in [4.78, 5) is 25.8. The summed E-state index contributed by atoms with van der Waals surface area (Å²) in [6, 6.07) is 1.72. The molecule has 2 heterocycles. The van der Waals surface area contributed by atoms with Crippen molar-refractivity contribution in [3.05, 3.63) is 22.7 Å². The summed E-state index contributed by atoms with van der Waals surface area (Å²) in [5, 5.41) is 21.9. The van der Waals surface area contributed by atoms with Crippen LogP contribution in [0.4, 0.5) is 0 Å². The normalized spacial score (nSPS) is 11.4. The Labute approximate surface area is 125 Å². The zero-order chi connectivity index (χ0) is 15.6. The van der Waals surface area contributed by atoms with E-state index in [-0.39, 0.29) is 12.5 Å². The van der Waals surface area contributed by atoms with Gasteiger partial charge >= 0.3 is 5.97 Å². The van der Waals surface area contributed by atoms with Gasteiger partial charge in [0.05, 0.1) is 5.69 Å². The van der Waals surface area contributed by atoms with Crippen LogP contribution >= 0.6 is 11.3 Å². The summed E-state index contributed by atoms with van der Waals surface area (Å²) in [5.41, 5.74) is -0.761. The van der Waals surface area contributed by atoms with Crippen molar-refractivity contribution in [2.45, 2.75) is 26.3 Å². The average molecular weight is 309 g/mol. The lowest BCUT2D eigenvalue weighted by Gasteiger charge is -2.34. The van der Waals surface area contributed by atoms with E-state index in [1.165, 1.54) is 41.1 Å². The van der Waals surface area contributed by atoms with Gasteiger partial charge in [-0.05, 0) is 42.6 Å². The number of nitrogens with zero attached hydrogens (tertiary/aromatic N) is 5. The van der Waals surface area contributed by atoms with Crippen LogP contribution < -0.4 is 0 Å². The Hall–Kier alpha value is -2.29. The van der Waals surface area contributed by atoms with Gasteiger partial charge in [-0.3, -0.25) is 4.79 Å². The standard InChI is InChI=1S/C12H15N5O3S/c1-4-16(12(2,3)11(19)20)10(18)9-8(5-6-21-9)17-7-13-14-15-17/h5-7H,4H2,1-3H3,(H,19,20). The second-order valence-corrected chi connectivity index (χ2v) is 5.72. The predicted octanol–water partition coefficient (Wildman–Crippen LogP) is 1.05. The number of carboxylic acid groups (broad SMARTS) is 1. The molecule has 1 amide bonds. The van der Waals surface area contributed by atoms with Crippen molar-refractivity contribution in [1.29, 1.82) is 0 Å². The number of carbonyl (C=O) groups is 2. The molecule has 2 rings (SSSR count). The molecule has 0 aliphatic heterocycles. The number of carboxylic acids is 1. The number of hydrogen-bond acceptors (Lipinski definition) is 6. The quantitative estimate of drug-likeness (QED) is 0.886. The summed E-state index contributed by atoms with van der Waals surface area (Å²) in [6.45, 7) is 5.03. The molecule has 0 aromatic carbocycles. The minimum Gasteiger partial charge on any atom is -0.480 e. The molecule has 0 saturated heterocycles. The van der Waals surface area contributed by atoms with Gasteiger partial charge in [-0.1, -0.05) is 0 Å². The minimum atomic E-state index is -1.30. The van der Waals surface area contributed by atoms with Crippen LogP contribution in [0.1, 0.15) is 30.4 Å². The van der Waals surface area contributed by atoms with Gasteiger partial charge in [-0.15, -0.1) is 16.4 Å². The topological polar surface area (TPSA) is 101 Å². The van der Waals surface area contributed by atoms with E-state index in [0.717, 1.165) is 0 Å². The number of likely N-dealkylation sites (N-methyl/N-ethyl adjacent to an activating group) is 1. The lowest BCUT2D eigenvalue weighted by atomic mass is 10.0. The van der Waals surface area contributed by atoms with Gasteiger partial charge in [0.25, 0.3) is 5.91 Å². The lowest BCUT2D eigenvalue weighted by molar-refractivity contribution is -0.147. The fourth-order valence-corrected chi connectivity index (χ4v) is 2.77. The second-order valence-electron chi connectivity index (χ2n) is 4.80. The molecule has 0 bridgehead atoms. The molecule has 0 fully saturated rings. The lowest BCUT2D eigenvalue weighted by Crippen LogP contribution is -2.52. The molecule has 21 heavy (non-hydrogen) atoms. The molecule has 8 nitrogen and oxygen atoms in total. The highest BCUT2D eigenvalue weighted by Gasteiger charge is 2.38. The number of aliphatic carboxylic acids is 1. The van der Waals surface area contributed by atoms with Gasteiger partial charge in [-0.2, -0.15) is 4.68 Å². The fraction of sp³-hybridized carbons (Fsp3) is 0.417. The van der Waals surface area contributed by atoms with Crippen molar-refractivity contribution in [3.8, 4) is 5.69 Å². The van der Waals surface area contributed by atoms with Crippen molar-refractivity contribution < 1.29 is 14.7 Å². The largest absolute Gasteiger partial charge is 0.480 e. The number of hydrogen-bond donors (Lipinski definition) is 1. The molecule has 2 aromatic heterocycles. The zero-order valence-electron chi connectivity index (χ0n) is 11.8. The third-order valence-electron chi connectivity index (χ3n) is 3.19. The van der Waals surface area contributed by atoms with E-state index in [0.29, 0.717) is 10.6 Å². The molecule has 0 radical (unpaired) electrons. The molecule has 0 aliphatic carbocycles. The SMILES string of the molecule is CCN(C(=O)c1sccc1-n1cnnn1)C(C)(C)C(=O)O. The van der Waals surface area contributed by atoms with Crippen LogP contribution in [0.25, 0.3) is 5.69 Å². The molecule has 112 valence electrons. The summed E-state index contributed by atoms with van der Waals surface area (Å²) in [6.07, 6.45) is 1.39. The first-order valence-electron chi connectivity index (χ1n) is 6.25. The summed E-state index contributed by atoms with van der Waals surface area (Å²) in [7, 11) is 0. The molecular weight excluding hydrogens is 294 g/mol. The summed E-state index contributed by atoms with van der Waals surface area (Å²) >= 11 is 1.23. The molecule has 0 aliphatic rings. The number of amides is 1. The van der Waals surface area contributed by atoms with Gasteiger partial charge in [0.2, 0.25) is 0 Å². The number of tetrazole rings is 1. The number of aromatic nitrogens is 4. The number of carbonyl (C=O) groups excluding carboxylic acids is 1. The third kappa shape index (κ3) is 2.64. The van der Waals surface area contributed by atoms with Crippen LogP contribution in [-0.4, -0.2) is 54.2 Å². The van der Waals surface area contributed by atoms with E-state index < -0.39 is 11.5 Å². The highest BCUT2D eigenvalue weighted by Crippen LogP contribution is 2.25. The Morgan fingerprint density at radius 2 is 2.19 bits per heavy atom. The molecule has 0 unspecified atom stereocenters. The first kappa shape index (κ1) is 15.1. The van der Waals surface area contributed by atoms with E-state index in [4.69, 9.17) is 0 Å². The average Bonchev–Trinajstić information content (AvgIpc) is 3.09.